The van der Waals surface area contributed by atoms with Crippen LogP contribution in [0.4, 0.5) is 0 Å². The Hall–Kier alpha value is -2.20. The Balaban J connectivity index is 2.81. The molecule has 0 spiro atoms. The SMILES string of the molecule is CCCCCCCC(=O)OCC(CCCCN(CCCCC(COC(=O)CCCCCCC)COC(=O)CCCCCCC)CC1(CO)CCCC1)COC(=O)CCCCCCC. The number of aliphatic hydroxyl groups is 1. The van der Waals surface area contributed by atoms with Gasteiger partial charge in [-0.15, -0.1) is 0 Å². The van der Waals surface area contributed by atoms with Crippen LogP contribution in [0.5, 0.6) is 0 Å². The first-order valence-corrected chi connectivity index (χ1v) is 26.7. The maximum absolute atomic E-state index is 12.6. The van der Waals surface area contributed by atoms with Crippen LogP contribution in [0.1, 0.15) is 246 Å². The first kappa shape index (κ1) is 58.8. The van der Waals surface area contributed by atoms with Gasteiger partial charge in [0.1, 0.15) is 0 Å². The van der Waals surface area contributed by atoms with Gasteiger partial charge in [-0.3, -0.25) is 19.2 Å². The third-order valence-corrected chi connectivity index (χ3v) is 13.1. The molecule has 1 N–H and O–H groups in total. The van der Waals surface area contributed by atoms with Crippen molar-refractivity contribution < 1.29 is 43.2 Å². The third-order valence-electron chi connectivity index (χ3n) is 13.1. The van der Waals surface area contributed by atoms with Crippen molar-refractivity contribution >= 4 is 23.9 Å². The molecule has 0 unspecified atom stereocenters. The molecule has 1 saturated carbocycles. The molecule has 0 saturated heterocycles. The highest BCUT2D eigenvalue weighted by atomic mass is 16.6. The molecule has 1 aliphatic rings. The molecule has 0 aliphatic heterocycles. The fourth-order valence-electron chi connectivity index (χ4n) is 8.83. The maximum Gasteiger partial charge on any atom is 0.305 e. The van der Waals surface area contributed by atoms with Crippen LogP contribution in [-0.4, -0.2) is 86.6 Å². The second-order valence-corrected chi connectivity index (χ2v) is 19.3. The van der Waals surface area contributed by atoms with E-state index in [0.717, 1.165) is 161 Å². The average molecular weight is 894 g/mol. The molecule has 0 amide bonds. The van der Waals surface area contributed by atoms with E-state index in [1.165, 1.54) is 51.4 Å². The predicted octanol–water partition coefficient (Wildman–Crippen LogP) is 13.0. The number of hydrogen-bond acceptors (Lipinski definition) is 10. The van der Waals surface area contributed by atoms with Crippen molar-refractivity contribution in [2.75, 3.05) is 52.7 Å². The van der Waals surface area contributed by atoms with E-state index in [0.29, 0.717) is 25.7 Å². The number of nitrogens with zero attached hydrogens (tertiary/aromatic N) is 1. The number of aliphatic hydroxyl groups excluding tert-OH is 1. The summed E-state index contributed by atoms with van der Waals surface area (Å²) in [6.45, 7) is 12.7. The zero-order valence-corrected chi connectivity index (χ0v) is 41.5. The van der Waals surface area contributed by atoms with Gasteiger partial charge in [-0.05, 0) is 77.3 Å². The van der Waals surface area contributed by atoms with E-state index >= 15 is 0 Å². The highest BCUT2D eigenvalue weighted by molar-refractivity contribution is 5.70. The zero-order valence-electron chi connectivity index (χ0n) is 41.5. The van der Waals surface area contributed by atoms with E-state index in [9.17, 15) is 24.3 Å². The number of esters is 4. The molecule has 0 aromatic carbocycles. The Labute approximate surface area is 386 Å². The third kappa shape index (κ3) is 33.9. The Morgan fingerprint density at radius 3 is 1.03 bits per heavy atom. The normalized spacial score (nSPS) is 13.6. The molecule has 0 heterocycles. The number of rotatable bonds is 45. The first-order chi connectivity index (χ1) is 30.7. The monoisotopic (exact) mass is 894 g/mol. The van der Waals surface area contributed by atoms with Crippen LogP contribution in [0.25, 0.3) is 0 Å². The van der Waals surface area contributed by atoms with Gasteiger partial charge in [0.2, 0.25) is 0 Å². The Bertz CT molecular complexity index is 978. The minimum absolute atomic E-state index is 0.0348. The van der Waals surface area contributed by atoms with Gasteiger partial charge in [0.05, 0.1) is 26.4 Å². The lowest BCUT2D eigenvalue weighted by Gasteiger charge is -2.34. The summed E-state index contributed by atoms with van der Waals surface area (Å²) in [5.74, 6) is -0.718. The van der Waals surface area contributed by atoms with E-state index in [1.807, 2.05) is 0 Å². The Morgan fingerprint density at radius 2 is 0.746 bits per heavy atom. The van der Waals surface area contributed by atoms with Gasteiger partial charge in [0.15, 0.2) is 0 Å². The second kappa shape index (κ2) is 41.2. The number of unbranched alkanes of at least 4 members (excludes halogenated alkanes) is 18. The number of ether oxygens (including phenoxy) is 4. The highest BCUT2D eigenvalue weighted by Gasteiger charge is 2.35. The summed E-state index contributed by atoms with van der Waals surface area (Å²) in [6, 6.07) is 0. The van der Waals surface area contributed by atoms with Crippen LogP contribution >= 0.6 is 0 Å². The van der Waals surface area contributed by atoms with Crippen molar-refractivity contribution in [3.63, 3.8) is 0 Å². The smallest absolute Gasteiger partial charge is 0.305 e. The van der Waals surface area contributed by atoms with Crippen molar-refractivity contribution in [2.45, 2.75) is 246 Å². The van der Waals surface area contributed by atoms with Crippen molar-refractivity contribution in [2.24, 2.45) is 17.3 Å². The summed E-state index contributed by atoms with van der Waals surface area (Å²) in [4.78, 5) is 53.0. The van der Waals surface area contributed by atoms with Gasteiger partial charge >= 0.3 is 23.9 Å². The van der Waals surface area contributed by atoms with Crippen LogP contribution in [0, 0.1) is 17.3 Å². The number of carbonyl (C=O) groups is 4. The Morgan fingerprint density at radius 1 is 0.444 bits per heavy atom. The first-order valence-electron chi connectivity index (χ1n) is 26.7. The fraction of sp³-hybridized carbons (Fsp3) is 0.925. The molecule has 1 aliphatic carbocycles. The molecule has 0 atom stereocenters. The zero-order chi connectivity index (χ0) is 46.1. The van der Waals surface area contributed by atoms with Crippen molar-refractivity contribution in [3.05, 3.63) is 0 Å². The standard InChI is InChI=1S/C53H99NO9/c1-5-9-13-17-21-33-49(56)60-41-47(42-61-50(57)34-22-18-14-10-6-2)31-25-29-39-54(45-53(46-55)37-27-28-38-53)40-30-26-32-48(43-62-51(58)35-23-19-15-11-7-3)44-63-52(59)36-24-20-16-12-8-4/h47-48,55H,5-46H2,1-4H3. The summed E-state index contributed by atoms with van der Waals surface area (Å²) in [5, 5.41) is 10.5. The minimum Gasteiger partial charge on any atom is -0.465 e. The quantitative estimate of drug-likeness (QED) is 0.0358. The molecular formula is C53H99NO9. The molecule has 0 bridgehead atoms. The van der Waals surface area contributed by atoms with E-state index in [-0.39, 0.29) is 74.2 Å². The van der Waals surface area contributed by atoms with Crippen LogP contribution in [0.3, 0.4) is 0 Å². The number of carbonyl (C=O) groups excluding carboxylic acids is 4. The van der Waals surface area contributed by atoms with Gasteiger partial charge in [0, 0.05) is 56.1 Å². The summed E-state index contributed by atoms with van der Waals surface area (Å²) in [7, 11) is 0. The molecule has 10 nitrogen and oxygen atoms in total. The van der Waals surface area contributed by atoms with Crippen molar-refractivity contribution in [1.29, 1.82) is 0 Å². The van der Waals surface area contributed by atoms with Crippen LogP contribution in [0.2, 0.25) is 0 Å². The van der Waals surface area contributed by atoms with E-state index in [1.54, 1.807) is 0 Å². The molecule has 0 aromatic rings. The van der Waals surface area contributed by atoms with Crippen LogP contribution < -0.4 is 0 Å². The molecule has 0 aromatic heterocycles. The van der Waals surface area contributed by atoms with E-state index in [2.05, 4.69) is 32.6 Å². The van der Waals surface area contributed by atoms with Gasteiger partial charge in [0.25, 0.3) is 0 Å². The molecule has 10 heteroatoms. The summed E-state index contributed by atoms with van der Waals surface area (Å²) in [6.07, 6.45) is 33.1. The number of hydrogen-bond donors (Lipinski definition) is 1. The molecule has 1 fully saturated rings. The fourth-order valence-corrected chi connectivity index (χ4v) is 8.83. The maximum atomic E-state index is 12.6. The molecule has 0 radical (unpaired) electrons. The summed E-state index contributed by atoms with van der Waals surface area (Å²) >= 11 is 0. The average Bonchev–Trinajstić information content (AvgIpc) is 3.76. The molecular weight excluding hydrogens is 795 g/mol. The van der Waals surface area contributed by atoms with Gasteiger partial charge in [-0.2, -0.15) is 0 Å². The second-order valence-electron chi connectivity index (χ2n) is 19.3. The van der Waals surface area contributed by atoms with E-state index in [4.69, 9.17) is 18.9 Å². The topological polar surface area (TPSA) is 129 Å². The Kier molecular flexibility index (Phi) is 38.5. The lowest BCUT2D eigenvalue weighted by molar-refractivity contribution is -0.151. The lowest BCUT2D eigenvalue weighted by atomic mass is 9.86. The van der Waals surface area contributed by atoms with Crippen LogP contribution in [0.15, 0.2) is 0 Å². The molecule has 370 valence electrons. The predicted molar refractivity (Wildman–Crippen MR) is 256 cm³/mol. The largest absolute Gasteiger partial charge is 0.465 e. The van der Waals surface area contributed by atoms with Gasteiger partial charge in [-0.1, -0.05) is 156 Å². The summed E-state index contributed by atoms with van der Waals surface area (Å²) < 4.78 is 23.0. The minimum atomic E-state index is -0.162. The van der Waals surface area contributed by atoms with Crippen molar-refractivity contribution in [1.82, 2.24) is 4.90 Å². The lowest BCUT2D eigenvalue weighted by Crippen LogP contribution is -2.39. The van der Waals surface area contributed by atoms with Gasteiger partial charge < -0.3 is 29.0 Å². The van der Waals surface area contributed by atoms with Crippen molar-refractivity contribution in [3.8, 4) is 0 Å². The van der Waals surface area contributed by atoms with E-state index < -0.39 is 0 Å². The summed E-state index contributed by atoms with van der Waals surface area (Å²) in [5.41, 5.74) is -0.0595. The molecule has 63 heavy (non-hydrogen) atoms. The highest BCUT2D eigenvalue weighted by Crippen LogP contribution is 2.38. The van der Waals surface area contributed by atoms with Gasteiger partial charge in [-0.25, -0.2) is 0 Å². The molecule has 1 rings (SSSR count). The van der Waals surface area contributed by atoms with Crippen LogP contribution in [-0.2, 0) is 38.1 Å².